The Balaban J connectivity index is 1.65. The number of fused-ring (bicyclic) bond motifs is 1. The van der Waals surface area contributed by atoms with E-state index in [1.54, 1.807) is 32.1 Å². The fraction of sp³-hybridized carbons (Fsp3) is 0.367. The number of carbonyl (C=O) groups excluding carboxylic acids is 1. The van der Waals surface area contributed by atoms with Crippen molar-refractivity contribution in [3.05, 3.63) is 100 Å². The van der Waals surface area contributed by atoms with Gasteiger partial charge in [-0.3, -0.25) is 19.5 Å². The molecule has 1 unspecified atom stereocenters. The number of thiazole rings is 1. The predicted octanol–water partition coefficient (Wildman–Crippen LogP) is 4.43. The van der Waals surface area contributed by atoms with E-state index in [1.165, 1.54) is 22.0 Å². The van der Waals surface area contributed by atoms with Crippen molar-refractivity contribution in [3.8, 4) is 0 Å². The van der Waals surface area contributed by atoms with E-state index >= 15 is 0 Å². The number of esters is 1. The molecule has 0 aliphatic carbocycles. The minimum absolute atomic E-state index is 0.0204. The average molecular weight is 561 g/mol. The molecule has 0 bridgehead atoms. The molecule has 1 fully saturated rings. The van der Waals surface area contributed by atoms with Gasteiger partial charge in [0.25, 0.3) is 11.2 Å². The van der Waals surface area contributed by atoms with Crippen molar-refractivity contribution in [2.24, 2.45) is 4.99 Å². The van der Waals surface area contributed by atoms with Gasteiger partial charge in [-0.2, -0.15) is 0 Å². The fourth-order valence-electron chi connectivity index (χ4n) is 5.32. The molecule has 0 N–H and O–H groups in total. The highest BCUT2D eigenvalue weighted by Gasteiger charge is 2.33. The normalized spacial score (nSPS) is 17.3. The zero-order chi connectivity index (χ0) is 28.6. The molecule has 2 aromatic carbocycles. The molecule has 2 aliphatic rings. The van der Waals surface area contributed by atoms with Crippen molar-refractivity contribution in [3.63, 3.8) is 0 Å². The van der Waals surface area contributed by atoms with E-state index in [2.05, 4.69) is 18.8 Å². The number of nitro groups is 1. The van der Waals surface area contributed by atoms with E-state index in [1.807, 2.05) is 29.2 Å². The summed E-state index contributed by atoms with van der Waals surface area (Å²) in [5.74, 6) is -0.178. The number of allylic oxidation sites excluding steroid dienone is 1. The summed E-state index contributed by atoms with van der Waals surface area (Å²) in [6.07, 6.45) is 3.68. The van der Waals surface area contributed by atoms with Gasteiger partial charge in [0, 0.05) is 19.2 Å². The van der Waals surface area contributed by atoms with Crippen molar-refractivity contribution in [1.82, 2.24) is 4.57 Å². The van der Waals surface area contributed by atoms with Gasteiger partial charge in [-0.05, 0) is 61.4 Å². The number of rotatable bonds is 7. The molecule has 3 heterocycles. The SMILES string of the molecule is CCOC(=O)C1=C(C)N=c2sc(=Cc3ccc(N4CCCC4)c([N+](=O)[O-])c3)c(=O)n2C1c1ccc(C(C)C)cc1. The minimum Gasteiger partial charge on any atom is -0.463 e. The van der Waals surface area contributed by atoms with Crippen molar-refractivity contribution >= 4 is 34.8 Å². The maximum absolute atomic E-state index is 13.9. The number of nitro benzene ring substituents is 1. The van der Waals surface area contributed by atoms with Gasteiger partial charge in [-0.15, -0.1) is 0 Å². The van der Waals surface area contributed by atoms with Gasteiger partial charge >= 0.3 is 5.97 Å². The van der Waals surface area contributed by atoms with Crippen LogP contribution in [0.2, 0.25) is 0 Å². The van der Waals surface area contributed by atoms with Gasteiger partial charge in [0.1, 0.15) is 5.69 Å². The van der Waals surface area contributed by atoms with E-state index in [9.17, 15) is 19.7 Å². The first-order valence-corrected chi connectivity index (χ1v) is 14.3. The summed E-state index contributed by atoms with van der Waals surface area (Å²) in [7, 11) is 0. The van der Waals surface area contributed by atoms with E-state index < -0.39 is 12.0 Å². The van der Waals surface area contributed by atoms with Gasteiger partial charge in [0.15, 0.2) is 4.80 Å². The summed E-state index contributed by atoms with van der Waals surface area (Å²) in [6.45, 7) is 9.48. The summed E-state index contributed by atoms with van der Waals surface area (Å²) in [5, 5.41) is 11.9. The zero-order valence-corrected chi connectivity index (χ0v) is 23.9. The Hall–Kier alpha value is -4.05. The predicted molar refractivity (Wildman–Crippen MR) is 155 cm³/mol. The van der Waals surface area contributed by atoms with Crippen molar-refractivity contribution in [2.75, 3.05) is 24.6 Å². The van der Waals surface area contributed by atoms with Crippen molar-refractivity contribution in [1.29, 1.82) is 0 Å². The first-order chi connectivity index (χ1) is 19.2. The highest BCUT2D eigenvalue weighted by atomic mass is 32.1. The number of benzene rings is 2. The third-order valence-corrected chi connectivity index (χ3v) is 8.36. The Morgan fingerprint density at radius 2 is 1.90 bits per heavy atom. The van der Waals surface area contributed by atoms with Gasteiger partial charge < -0.3 is 9.64 Å². The molecule has 1 saturated heterocycles. The van der Waals surface area contributed by atoms with Gasteiger partial charge in [0.05, 0.1) is 33.4 Å². The second-order valence-corrected chi connectivity index (χ2v) is 11.3. The number of ether oxygens (including phenoxy) is 1. The third-order valence-electron chi connectivity index (χ3n) is 7.38. The number of anilines is 1. The molecule has 5 rings (SSSR count). The van der Waals surface area contributed by atoms with Crippen LogP contribution in [0.5, 0.6) is 0 Å². The van der Waals surface area contributed by atoms with Crippen LogP contribution in [0.4, 0.5) is 11.4 Å². The van der Waals surface area contributed by atoms with Crippen LogP contribution in [0, 0.1) is 10.1 Å². The molecular formula is C30H32N4O5S. The number of nitrogens with zero attached hydrogens (tertiary/aromatic N) is 4. The number of carbonyl (C=O) groups is 1. The Bertz CT molecular complexity index is 1680. The highest BCUT2D eigenvalue weighted by Crippen LogP contribution is 2.33. The molecule has 9 nitrogen and oxygen atoms in total. The first-order valence-electron chi connectivity index (χ1n) is 13.5. The van der Waals surface area contributed by atoms with E-state index in [-0.39, 0.29) is 22.8 Å². The quantitative estimate of drug-likeness (QED) is 0.240. The zero-order valence-electron chi connectivity index (χ0n) is 23.0. The van der Waals surface area contributed by atoms with Crippen LogP contribution in [0.25, 0.3) is 6.08 Å². The van der Waals surface area contributed by atoms with Gasteiger partial charge in [-0.25, -0.2) is 9.79 Å². The Labute approximate surface area is 235 Å². The van der Waals surface area contributed by atoms with Crippen LogP contribution in [0.15, 0.2) is 63.5 Å². The monoisotopic (exact) mass is 560 g/mol. The molecule has 0 saturated carbocycles. The smallest absolute Gasteiger partial charge is 0.338 e. The van der Waals surface area contributed by atoms with Gasteiger partial charge in [-0.1, -0.05) is 55.5 Å². The van der Waals surface area contributed by atoms with Crippen molar-refractivity contribution < 1.29 is 14.5 Å². The summed E-state index contributed by atoms with van der Waals surface area (Å²) in [5.41, 5.74) is 3.60. The molecule has 10 heteroatoms. The summed E-state index contributed by atoms with van der Waals surface area (Å²) in [6, 6.07) is 12.3. The van der Waals surface area contributed by atoms with Crippen LogP contribution in [0.3, 0.4) is 0 Å². The Kier molecular flexibility index (Phi) is 7.71. The maximum Gasteiger partial charge on any atom is 0.338 e. The molecule has 208 valence electrons. The van der Waals surface area contributed by atoms with Gasteiger partial charge in [0.2, 0.25) is 0 Å². The molecule has 1 aromatic heterocycles. The standard InChI is InChI=1S/C30H32N4O5S/c1-5-39-29(36)26-19(4)31-30-33(27(26)22-11-9-21(10-12-22)18(2)3)28(35)25(40-30)17-20-8-13-23(24(16-20)34(37)38)32-14-6-7-15-32/h8-13,16-18,27H,5-7,14-15H2,1-4H3. The fourth-order valence-corrected chi connectivity index (χ4v) is 6.37. The number of hydrogen-bond acceptors (Lipinski definition) is 8. The molecular weight excluding hydrogens is 528 g/mol. The topological polar surface area (TPSA) is 107 Å². The molecule has 0 radical (unpaired) electrons. The molecule has 3 aromatic rings. The van der Waals surface area contributed by atoms with E-state index in [4.69, 9.17) is 4.74 Å². The Morgan fingerprint density at radius 3 is 2.52 bits per heavy atom. The molecule has 2 aliphatic heterocycles. The highest BCUT2D eigenvalue weighted by molar-refractivity contribution is 7.07. The molecule has 0 amide bonds. The van der Waals surface area contributed by atoms with Crippen LogP contribution < -0.4 is 19.8 Å². The molecule has 1 atom stereocenters. The van der Waals surface area contributed by atoms with E-state index in [0.29, 0.717) is 37.8 Å². The van der Waals surface area contributed by atoms with Crippen molar-refractivity contribution in [2.45, 2.75) is 52.5 Å². The number of hydrogen-bond donors (Lipinski definition) is 0. The first kappa shape index (κ1) is 27.5. The lowest BCUT2D eigenvalue weighted by Crippen LogP contribution is -2.39. The second kappa shape index (κ2) is 11.2. The summed E-state index contributed by atoms with van der Waals surface area (Å²) >= 11 is 1.20. The van der Waals surface area contributed by atoms with Crippen LogP contribution in [-0.4, -0.2) is 35.2 Å². The van der Waals surface area contributed by atoms with Crippen LogP contribution in [0.1, 0.15) is 69.2 Å². The Morgan fingerprint density at radius 1 is 1.20 bits per heavy atom. The largest absolute Gasteiger partial charge is 0.463 e. The lowest BCUT2D eigenvalue weighted by Gasteiger charge is -2.25. The second-order valence-electron chi connectivity index (χ2n) is 10.3. The molecule has 40 heavy (non-hydrogen) atoms. The summed E-state index contributed by atoms with van der Waals surface area (Å²) in [4.78, 5) is 45.6. The average Bonchev–Trinajstić information content (AvgIpc) is 3.56. The maximum atomic E-state index is 13.9. The lowest BCUT2D eigenvalue weighted by molar-refractivity contribution is -0.384. The lowest BCUT2D eigenvalue weighted by atomic mass is 9.93. The molecule has 0 spiro atoms. The third kappa shape index (κ3) is 5.11. The van der Waals surface area contributed by atoms with Crippen LogP contribution >= 0.6 is 11.3 Å². The van der Waals surface area contributed by atoms with Crippen LogP contribution in [-0.2, 0) is 9.53 Å². The summed E-state index contributed by atoms with van der Waals surface area (Å²) < 4.78 is 7.28. The van der Waals surface area contributed by atoms with E-state index in [0.717, 1.165) is 37.1 Å². The number of aromatic nitrogens is 1. The minimum atomic E-state index is -0.703.